The van der Waals surface area contributed by atoms with Crippen LogP contribution in [0.15, 0.2) is 47.4 Å². The second kappa shape index (κ2) is 7.13. The van der Waals surface area contributed by atoms with Crippen LogP contribution in [0.5, 0.6) is 0 Å². The molecule has 0 N–H and O–H groups in total. The van der Waals surface area contributed by atoms with E-state index in [0.29, 0.717) is 5.56 Å². The maximum atomic E-state index is 12.8. The Hall–Kier alpha value is -1.93. The van der Waals surface area contributed by atoms with Crippen LogP contribution in [-0.4, -0.2) is 19.7 Å². The fourth-order valence-corrected chi connectivity index (χ4v) is 3.41. The summed E-state index contributed by atoms with van der Waals surface area (Å²) in [6, 6.07) is 8.20. The van der Waals surface area contributed by atoms with E-state index in [1.807, 2.05) is 0 Å². The molecule has 2 aromatic carbocycles. The Bertz CT molecular complexity index is 891. The van der Waals surface area contributed by atoms with Crippen LogP contribution in [0.1, 0.15) is 11.1 Å². The third kappa shape index (κ3) is 4.58. The lowest BCUT2D eigenvalue weighted by molar-refractivity contribution is -0.117. The zero-order chi connectivity index (χ0) is 18.8. The SMILES string of the molecule is O=C(Cc1ccc(F)cc1)Cc1ccc(Cl)c(S(=O)(=O)C(F)(F)F)c1. The summed E-state index contributed by atoms with van der Waals surface area (Å²) in [6.07, 6.45) is -0.348. The summed E-state index contributed by atoms with van der Waals surface area (Å²) in [7, 11) is -5.61. The Morgan fingerprint density at radius 3 is 2.04 bits per heavy atom. The largest absolute Gasteiger partial charge is 0.501 e. The van der Waals surface area contributed by atoms with Gasteiger partial charge in [-0.15, -0.1) is 0 Å². The second-order valence-corrected chi connectivity index (χ2v) is 7.55. The first-order valence-electron chi connectivity index (χ1n) is 6.86. The summed E-state index contributed by atoms with van der Waals surface area (Å²) in [5.74, 6) is -0.833. The van der Waals surface area contributed by atoms with Gasteiger partial charge in [0.1, 0.15) is 11.6 Å². The number of sulfone groups is 1. The van der Waals surface area contributed by atoms with Gasteiger partial charge in [0, 0.05) is 12.8 Å². The highest BCUT2D eigenvalue weighted by Gasteiger charge is 2.47. The van der Waals surface area contributed by atoms with E-state index in [2.05, 4.69) is 0 Å². The van der Waals surface area contributed by atoms with Gasteiger partial charge in [-0.1, -0.05) is 29.8 Å². The van der Waals surface area contributed by atoms with Crippen LogP contribution in [0.4, 0.5) is 17.6 Å². The van der Waals surface area contributed by atoms with E-state index in [1.165, 1.54) is 30.3 Å². The first-order valence-corrected chi connectivity index (χ1v) is 8.73. The minimum Gasteiger partial charge on any atom is -0.299 e. The molecule has 0 bridgehead atoms. The van der Waals surface area contributed by atoms with E-state index in [0.717, 1.165) is 12.1 Å². The quantitative estimate of drug-likeness (QED) is 0.717. The molecule has 0 atom stereocenters. The Labute approximate surface area is 146 Å². The standard InChI is InChI=1S/C16H11ClF4O3S/c17-14-6-3-11(9-15(14)25(23,24)16(19,20)21)8-13(22)7-10-1-4-12(18)5-2-10/h1-6,9H,7-8H2. The molecule has 0 aromatic heterocycles. The lowest BCUT2D eigenvalue weighted by Gasteiger charge is -2.11. The van der Waals surface area contributed by atoms with E-state index in [1.54, 1.807) is 0 Å². The van der Waals surface area contributed by atoms with Crippen molar-refractivity contribution >= 4 is 27.2 Å². The molecule has 0 aliphatic heterocycles. The van der Waals surface area contributed by atoms with E-state index < -0.39 is 31.1 Å². The molecule has 25 heavy (non-hydrogen) atoms. The summed E-state index contributed by atoms with van der Waals surface area (Å²) in [5, 5.41) is -0.577. The maximum absolute atomic E-state index is 12.8. The van der Waals surface area contributed by atoms with Crippen molar-refractivity contribution in [2.75, 3.05) is 0 Å². The van der Waals surface area contributed by atoms with Gasteiger partial charge in [-0.3, -0.25) is 4.79 Å². The predicted octanol–water partition coefficient (Wildman–Crippen LogP) is 4.13. The Morgan fingerprint density at radius 2 is 1.48 bits per heavy atom. The predicted molar refractivity (Wildman–Crippen MR) is 83.5 cm³/mol. The summed E-state index contributed by atoms with van der Waals surface area (Å²) < 4.78 is 73.8. The lowest BCUT2D eigenvalue weighted by Crippen LogP contribution is -2.23. The normalized spacial score (nSPS) is 12.2. The van der Waals surface area contributed by atoms with Gasteiger partial charge in [-0.2, -0.15) is 13.2 Å². The van der Waals surface area contributed by atoms with Crippen LogP contribution in [0.2, 0.25) is 5.02 Å². The number of rotatable bonds is 5. The number of benzene rings is 2. The van der Waals surface area contributed by atoms with Crippen molar-refractivity contribution in [3.8, 4) is 0 Å². The topological polar surface area (TPSA) is 51.2 Å². The Kier molecular flexibility index (Phi) is 5.53. The molecule has 0 aliphatic rings. The number of Topliss-reactive ketones (excluding diaryl/α,β-unsaturated/α-hetero) is 1. The van der Waals surface area contributed by atoms with E-state index in [4.69, 9.17) is 11.6 Å². The van der Waals surface area contributed by atoms with E-state index in [9.17, 15) is 30.8 Å². The Morgan fingerprint density at radius 1 is 0.960 bits per heavy atom. The molecule has 0 aliphatic carbocycles. The first kappa shape index (κ1) is 19.4. The minimum absolute atomic E-state index is 0.0652. The first-order chi connectivity index (χ1) is 11.5. The molecule has 0 radical (unpaired) electrons. The highest BCUT2D eigenvalue weighted by molar-refractivity contribution is 7.92. The van der Waals surface area contributed by atoms with Gasteiger partial charge < -0.3 is 0 Å². The van der Waals surface area contributed by atoms with Gasteiger partial charge in [-0.05, 0) is 35.4 Å². The number of carbonyl (C=O) groups is 1. The number of ketones is 1. The monoisotopic (exact) mass is 394 g/mol. The van der Waals surface area contributed by atoms with Gasteiger partial charge >= 0.3 is 5.51 Å². The summed E-state index contributed by atoms with van der Waals surface area (Å²) in [6.45, 7) is 0. The van der Waals surface area contributed by atoms with Crippen molar-refractivity contribution in [1.29, 1.82) is 0 Å². The molecule has 9 heteroatoms. The summed E-state index contributed by atoms with van der Waals surface area (Å²) >= 11 is 5.57. The van der Waals surface area contributed by atoms with Gasteiger partial charge in [0.05, 0.1) is 9.92 Å². The molecule has 134 valence electrons. The van der Waals surface area contributed by atoms with Gasteiger partial charge in [-0.25, -0.2) is 12.8 Å². The van der Waals surface area contributed by atoms with Crippen LogP contribution >= 0.6 is 11.6 Å². The lowest BCUT2D eigenvalue weighted by atomic mass is 10.0. The van der Waals surface area contributed by atoms with Crippen LogP contribution < -0.4 is 0 Å². The van der Waals surface area contributed by atoms with Crippen molar-refractivity contribution in [3.63, 3.8) is 0 Å². The van der Waals surface area contributed by atoms with Crippen molar-refractivity contribution in [1.82, 2.24) is 0 Å². The van der Waals surface area contributed by atoms with Gasteiger partial charge in [0.2, 0.25) is 0 Å². The van der Waals surface area contributed by atoms with Crippen molar-refractivity contribution in [2.24, 2.45) is 0 Å². The molecule has 0 fully saturated rings. The van der Waals surface area contributed by atoms with Crippen molar-refractivity contribution in [2.45, 2.75) is 23.2 Å². The molecule has 0 saturated carbocycles. The molecule has 0 unspecified atom stereocenters. The third-order valence-corrected chi connectivity index (χ3v) is 5.27. The minimum atomic E-state index is -5.61. The van der Waals surface area contributed by atoms with Crippen LogP contribution in [0, 0.1) is 5.82 Å². The smallest absolute Gasteiger partial charge is 0.299 e. The Balaban J connectivity index is 2.22. The summed E-state index contributed by atoms with van der Waals surface area (Å²) in [4.78, 5) is 10.9. The molecule has 2 rings (SSSR count). The molecule has 0 saturated heterocycles. The van der Waals surface area contributed by atoms with Crippen LogP contribution in [-0.2, 0) is 27.5 Å². The third-order valence-electron chi connectivity index (χ3n) is 3.31. The van der Waals surface area contributed by atoms with Gasteiger partial charge in [0.25, 0.3) is 9.84 Å². The van der Waals surface area contributed by atoms with E-state index in [-0.39, 0.29) is 24.2 Å². The molecule has 0 spiro atoms. The number of hydrogen-bond donors (Lipinski definition) is 0. The van der Waals surface area contributed by atoms with Crippen molar-refractivity contribution in [3.05, 3.63) is 64.4 Å². The fraction of sp³-hybridized carbons (Fsp3) is 0.188. The highest BCUT2D eigenvalue weighted by atomic mass is 35.5. The molecule has 2 aromatic rings. The van der Waals surface area contributed by atoms with Crippen molar-refractivity contribution < 1.29 is 30.8 Å². The van der Waals surface area contributed by atoms with Crippen LogP contribution in [0.25, 0.3) is 0 Å². The number of carbonyl (C=O) groups excluding carboxylic acids is 1. The summed E-state index contributed by atoms with van der Waals surface area (Å²) in [5.41, 5.74) is -4.88. The van der Waals surface area contributed by atoms with E-state index >= 15 is 0 Å². The average Bonchev–Trinajstić information content (AvgIpc) is 2.50. The zero-order valence-corrected chi connectivity index (χ0v) is 14.1. The number of halogens is 5. The fourth-order valence-electron chi connectivity index (χ4n) is 2.11. The molecule has 0 amide bonds. The highest BCUT2D eigenvalue weighted by Crippen LogP contribution is 2.34. The zero-order valence-electron chi connectivity index (χ0n) is 12.5. The molecular formula is C16H11ClF4O3S. The maximum Gasteiger partial charge on any atom is 0.501 e. The second-order valence-electron chi connectivity index (χ2n) is 5.23. The number of alkyl halides is 3. The number of hydrogen-bond acceptors (Lipinski definition) is 3. The average molecular weight is 395 g/mol. The molecule has 3 nitrogen and oxygen atoms in total. The van der Waals surface area contributed by atoms with Crippen LogP contribution in [0.3, 0.4) is 0 Å². The molecule has 0 heterocycles. The molecular weight excluding hydrogens is 384 g/mol. The van der Waals surface area contributed by atoms with Gasteiger partial charge in [0.15, 0.2) is 0 Å².